The van der Waals surface area contributed by atoms with Gasteiger partial charge in [0.2, 0.25) is 18.2 Å². The summed E-state index contributed by atoms with van der Waals surface area (Å²) in [5.41, 5.74) is 19.0. The third kappa shape index (κ3) is 15.8. The molecule has 0 saturated heterocycles. The third-order valence-electron chi connectivity index (χ3n) is 6.71. The lowest BCUT2D eigenvalue weighted by Gasteiger charge is -2.21. The van der Waals surface area contributed by atoms with Crippen LogP contribution < -0.4 is 33.3 Å². The lowest BCUT2D eigenvalue weighted by Crippen LogP contribution is -2.43. The van der Waals surface area contributed by atoms with Gasteiger partial charge in [0, 0.05) is 45.7 Å². The Bertz CT molecular complexity index is 1210. The highest BCUT2D eigenvalue weighted by molar-refractivity contribution is 6.62. The van der Waals surface area contributed by atoms with Crippen molar-refractivity contribution in [2.24, 2.45) is 17.2 Å². The topological polar surface area (TPSA) is 186 Å². The van der Waals surface area contributed by atoms with Crippen molar-refractivity contribution in [3.8, 4) is 0 Å². The van der Waals surface area contributed by atoms with Crippen LogP contribution in [0, 0.1) is 6.92 Å². The van der Waals surface area contributed by atoms with Gasteiger partial charge in [-0.05, 0) is 62.8 Å². The van der Waals surface area contributed by atoms with Crippen molar-refractivity contribution >= 4 is 30.8 Å². The van der Waals surface area contributed by atoms with Crippen LogP contribution >= 0.6 is 0 Å². The number of fused-ring (bicyclic) bond motifs is 1. The first-order chi connectivity index (χ1) is 22.1. The van der Waals surface area contributed by atoms with Gasteiger partial charge in [0.1, 0.15) is 0 Å². The van der Waals surface area contributed by atoms with Crippen LogP contribution in [0.2, 0.25) is 0 Å². The first-order valence-electron chi connectivity index (χ1n) is 15.6. The summed E-state index contributed by atoms with van der Waals surface area (Å²) in [6.45, 7) is 14.2. The van der Waals surface area contributed by atoms with E-state index in [1.54, 1.807) is 11.8 Å². The molecule has 9 N–H and O–H groups in total. The molecule has 0 aromatic heterocycles. The van der Waals surface area contributed by atoms with Crippen LogP contribution in [0.15, 0.2) is 42.5 Å². The van der Waals surface area contributed by atoms with Crippen molar-refractivity contribution < 1.29 is 37.2 Å². The molecular formula is C32H52BF3N6O5. The molecule has 1 heterocycles. The maximum Gasteiger partial charge on any atom is 0.492 e. The molecular weight excluding hydrogens is 616 g/mol. The molecule has 3 amide bonds. The van der Waals surface area contributed by atoms with Crippen LogP contribution in [-0.2, 0) is 37.4 Å². The molecule has 0 spiro atoms. The highest BCUT2D eigenvalue weighted by Crippen LogP contribution is 2.30. The van der Waals surface area contributed by atoms with Gasteiger partial charge in [0.15, 0.2) is 0 Å². The Balaban J connectivity index is 0.000000673. The fourth-order valence-electron chi connectivity index (χ4n) is 4.33. The van der Waals surface area contributed by atoms with E-state index in [9.17, 15) is 32.6 Å². The molecule has 1 atom stereocenters. The van der Waals surface area contributed by atoms with Crippen molar-refractivity contribution in [1.29, 1.82) is 0 Å². The normalized spacial score (nSPS) is 13.3. The van der Waals surface area contributed by atoms with Crippen LogP contribution in [0.1, 0.15) is 69.7 Å². The number of rotatable bonds is 12. The van der Waals surface area contributed by atoms with Crippen LogP contribution in [-0.4, -0.2) is 74.0 Å². The van der Waals surface area contributed by atoms with Gasteiger partial charge in [0.05, 0.1) is 17.2 Å². The number of nitrogens with one attached hydrogen (secondary N) is 2. The largest absolute Gasteiger partial charge is 0.492 e. The molecule has 11 nitrogen and oxygen atoms in total. The van der Waals surface area contributed by atoms with E-state index in [1.807, 2.05) is 52.8 Å². The number of likely N-dealkylation sites (N-methyl/N-ethyl adjacent to an activating group) is 1. The van der Waals surface area contributed by atoms with E-state index in [1.165, 1.54) is 12.1 Å². The number of hydrogen-bond donors (Lipinski definition) is 6. The van der Waals surface area contributed by atoms with E-state index in [0.29, 0.717) is 52.1 Å². The minimum atomic E-state index is -4.21. The Labute approximate surface area is 276 Å². The number of halogens is 3. The highest BCUT2D eigenvalue weighted by Gasteiger charge is 2.40. The van der Waals surface area contributed by atoms with E-state index < -0.39 is 30.5 Å². The molecule has 264 valence electrons. The molecule has 0 bridgehead atoms. The maximum atomic E-state index is 11.9. The van der Waals surface area contributed by atoms with Gasteiger partial charge in [-0.15, -0.1) is 0 Å². The molecule has 1 aliphatic rings. The number of hydrogen-bond acceptors (Lipinski definition) is 8. The summed E-state index contributed by atoms with van der Waals surface area (Å²) in [6.07, 6.45) is -2.99. The first kappa shape index (κ1) is 43.5. The predicted octanol–water partition coefficient (Wildman–Crippen LogP) is 1.90. The molecule has 15 heteroatoms. The molecule has 0 aliphatic carbocycles. The van der Waals surface area contributed by atoms with E-state index in [-0.39, 0.29) is 18.2 Å². The minimum Gasteiger partial charge on any atom is -0.423 e. The summed E-state index contributed by atoms with van der Waals surface area (Å²) in [5.74, 6) is -0.292. The van der Waals surface area contributed by atoms with Crippen LogP contribution in [0.4, 0.5) is 13.2 Å². The molecule has 2 aromatic carbocycles. The number of amides is 3. The molecule has 1 unspecified atom stereocenters. The standard InChI is InChI=1S/C11H14BNO3.C11H25N5O2.C8H7F3.C2H6/c1-11(2)9-4-3-8(6-13-7-14)5-10(9)12(15)16-11;1-2-15-11(18)9(14)3-4-10(17)16(7-5-12)8-6-13;1-6-2-4-7(5-3-6)8(9,10)11;1-2/h3-5,7,15H,6H2,1-2H3,(H,13,14);9H,2-8,12-14H2,1H3,(H,15,18);2-5H,1H3;1-2H3. The van der Waals surface area contributed by atoms with Crippen LogP contribution in [0.25, 0.3) is 0 Å². The van der Waals surface area contributed by atoms with Crippen molar-refractivity contribution in [2.75, 3.05) is 32.7 Å². The maximum absolute atomic E-state index is 11.9. The second-order valence-corrected chi connectivity index (χ2v) is 10.8. The predicted molar refractivity (Wildman–Crippen MR) is 179 cm³/mol. The van der Waals surface area contributed by atoms with Crippen molar-refractivity contribution in [3.63, 3.8) is 0 Å². The number of aryl methyl sites for hydroxylation is 1. The Morgan fingerprint density at radius 3 is 2.15 bits per heavy atom. The second-order valence-electron chi connectivity index (χ2n) is 10.8. The van der Waals surface area contributed by atoms with E-state index in [0.717, 1.165) is 34.3 Å². The third-order valence-corrected chi connectivity index (χ3v) is 6.71. The number of carbonyl (C=O) groups is 3. The Morgan fingerprint density at radius 2 is 1.66 bits per heavy atom. The molecule has 47 heavy (non-hydrogen) atoms. The van der Waals surface area contributed by atoms with Gasteiger partial charge >= 0.3 is 13.3 Å². The van der Waals surface area contributed by atoms with Gasteiger partial charge in [-0.2, -0.15) is 13.2 Å². The van der Waals surface area contributed by atoms with E-state index >= 15 is 0 Å². The van der Waals surface area contributed by atoms with Gasteiger partial charge in [0.25, 0.3) is 0 Å². The quantitative estimate of drug-likeness (QED) is 0.146. The SMILES string of the molecule is CC.CC1(C)OB(O)c2cc(CNC=O)ccc21.CCNC(=O)C(N)CCC(=O)N(CCN)CCN.Cc1ccc(C(F)(F)F)cc1. The lowest BCUT2D eigenvalue weighted by molar-refractivity contribution is -0.137. The van der Waals surface area contributed by atoms with Gasteiger partial charge in [-0.3, -0.25) is 14.4 Å². The van der Waals surface area contributed by atoms with Crippen LogP contribution in [0.5, 0.6) is 0 Å². The molecule has 3 rings (SSSR count). The average Bonchev–Trinajstić information content (AvgIpc) is 3.26. The van der Waals surface area contributed by atoms with E-state index in [2.05, 4.69) is 10.6 Å². The summed E-state index contributed by atoms with van der Waals surface area (Å²) < 4.78 is 41.2. The van der Waals surface area contributed by atoms with Crippen molar-refractivity contribution in [1.82, 2.24) is 15.5 Å². The fourth-order valence-corrected chi connectivity index (χ4v) is 4.33. The molecule has 0 radical (unpaired) electrons. The lowest BCUT2D eigenvalue weighted by atomic mass is 9.77. The summed E-state index contributed by atoms with van der Waals surface area (Å²) in [5, 5.41) is 15.0. The van der Waals surface area contributed by atoms with Crippen molar-refractivity contribution in [3.05, 3.63) is 64.7 Å². The molecule has 2 aromatic rings. The second kappa shape index (κ2) is 22.1. The Morgan fingerprint density at radius 1 is 1.09 bits per heavy atom. The van der Waals surface area contributed by atoms with Gasteiger partial charge < -0.3 is 42.4 Å². The molecule has 1 aliphatic heterocycles. The summed E-state index contributed by atoms with van der Waals surface area (Å²) in [7, 11) is -0.874. The highest BCUT2D eigenvalue weighted by atomic mass is 19.4. The van der Waals surface area contributed by atoms with Gasteiger partial charge in [-0.25, -0.2) is 0 Å². The number of alkyl halides is 3. The van der Waals surface area contributed by atoms with Gasteiger partial charge in [-0.1, -0.05) is 49.7 Å². The summed E-state index contributed by atoms with van der Waals surface area (Å²) in [6, 6.07) is 10.1. The Hall–Kier alpha value is -3.50. The van der Waals surface area contributed by atoms with Crippen molar-refractivity contribution in [2.45, 2.75) is 78.7 Å². The fraction of sp³-hybridized carbons (Fsp3) is 0.531. The average molecular weight is 669 g/mol. The number of nitrogens with zero attached hydrogens (tertiary/aromatic N) is 1. The zero-order valence-corrected chi connectivity index (χ0v) is 28.3. The van der Waals surface area contributed by atoms with E-state index in [4.69, 9.17) is 21.9 Å². The number of carbonyl (C=O) groups excluding carboxylic acids is 3. The molecule has 0 fully saturated rings. The molecule has 0 saturated carbocycles. The summed E-state index contributed by atoms with van der Waals surface area (Å²) >= 11 is 0. The summed E-state index contributed by atoms with van der Waals surface area (Å²) in [4.78, 5) is 35.0. The monoisotopic (exact) mass is 668 g/mol. The number of benzene rings is 2. The Kier molecular flexibility index (Phi) is 20.5. The first-order valence-corrected chi connectivity index (χ1v) is 15.6. The minimum absolute atomic E-state index is 0.0642. The number of nitrogens with two attached hydrogens (primary N) is 3. The zero-order chi connectivity index (χ0) is 36.2. The smallest absolute Gasteiger partial charge is 0.423 e. The zero-order valence-electron chi connectivity index (χ0n) is 28.3. The van der Waals surface area contributed by atoms with Crippen LogP contribution in [0.3, 0.4) is 0 Å².